The number of amides is 1. The van der Waals surface area contributed by atoms with E-state index in [0.29, 0.717) is 6.42 Å². The van der Waals surface area contributed by atoms with Crippen LogP contribution in [0.15, 0.2) is 12.1 Å². The van der Waals surface area contributed by atoms with E-state index in [1.807, 2.05) is 6.92 Å². The summed E-state index contributed by atoms with van der Waals surface area (Å²) in [4.78, 5) is 15.8. The van der Waals surface area contributed by atoms with Crippen molar-refractivity contribution in [2.45, 2.75) is 25.8 Å². The van der Waals surface area contributed by atoms with E-state index in [-0.39, 0.29) is 22.5 Å². The zero-order chi connectivity index (χ0) is 13.1. The maximum absolute atomic E-state index is 11.9. The number of pyridine rings is 1. The second-order valence-corrected chi connectivity index (χ2v) is 4.79. The number of hydrogen-bond donors (Lipinski definition) is 2. The fraction of sp³-hybridized carbons (Fsp3) is 0.455. The number of aromatic nitrogens is 1. The Balaban J connectivity index is 2.94. The average Bonchev–Trinajstić information content (AvgIpc) is 2.32. The van der Waals surface area contributed by atoms with Crippen molar-refractivity contribution in [2.24, 2.45) is 0 Å². The van der Waals surface area contributed by atoms with Crippen LogP contribution in [0.3, 0.4) is 0 Å². The lowest BCUT2D eigenvalue weighted by Gasteiger charge is -2.27. The van der Waals surface area contributed by atoms with Crippen molar-refractivity contribution < 1.29 is 9.90 Å². The first kappa shape index (κ1) is 14.2. The number of carbonyl (C=O) groups is 1. The molecule has 0 saturated heterocycles. The van der Waals surface area contributed by atoms with E-state index in [4.69, 9.17) is 23.2 Å². The Hall–Kier alpha value is -0.840. The summed E-state index contributed by atoms with van der Waals surface area (Å²) in [6.07, 6.45) is 0.591. The van der Waals surface area contributed by atoms with Crippen LogP contribution >= 0.6 is 23.2 Å². The molecule has 2 N–H and O–H groups in total. The molecule has 0 saturated carbocycles. The molecule has 17 heavy (non-hydrogen) atoms. The molecule has 6 heteroatoms. The topological polar surface area (TPSA) is 62.2 Å². The van der Waals surface area contributed by atoms with Crippen LogP contribution in [0.1, 0.15) is 30.8 Å². The van der Waals surface area contributed by atoms with Crippen LogP contribution in [0.5, 0.6) is 0 Å². The van der Waals surface area contributed by atoms with Crippen molar-refractivity contribution in [2.75, 3.05) is 6.61 Å². The van der Waals surface area contributed by atoms with Gasteiger partial charge in [0.05, 0.1) is 17.2 Å². The summed E-state index contributed by atoms with van der Waals surface area (Å²) in [7, 11) is 0. The lowest BCUT2D eigenvalue weighted by molar-refractivity contribution is 0.0842. The van der Waals surface area contributed by atoms with E-state index >= 15 is 0 Å². The fourth-order valence-corrected chi connectivity index (χ4v) is 1.49. The molecule has 1 aromatic rings. The highest BCUT2D eigenvalue weighted by Crippen LogP contribution is 2.18. The first-order valence-electron chi connectivity index (χ1n) is 5.17. The SMILES string of the molecule is CCC(C)(CO)NC(=O)c1nc(Cl)ccc1Cl. The van der Waals surface area contributed by atoms with Gasteiger partial charge in [0.2, 0.25) is 0 Å². The van der Waals surface area contributed by atoms with Crippen molar-refractivity contribution in [3.63, 3.8) is 0 Å². The van der Waals surface area contributed by atoms with Gasteiger partial charge in [0.1, 0.15) is 10.8 Å². The summed E-state index contributed by atoms with van der Waals surface area (Å²) >= 11 is 11.6. The van der Waals surface area contributed by atoms with Gasteiger partial charge in [-0.1, -0.05) is 30.1 Å². The minimum atomic E-state index is -0.690. The highest BCUT2D eigenvalue weighted by molar-refractivity contribution is 6.34. The van der Waals surface area contributed by atoms with Crippen LogP contribution in [0.4, 0.5) is 0 Å². The molecule has 0 spiro atoms. The lowest BCUT2D eigenvalue weighted by Crippen LogP contribution is -2.48. The molecule has 0 aromatic carbocycles. The molecule has 1 aromatic heterocycles. The standard InChI is InChI=1S/C11H14Cl2N2O2/c1-3-11(2,6-16)15-10(17)9-7(12)4-5-8(13)14-9/h4-5,16H,3,6H2,1-2H3,(H,15,17). The number of rotatable bonds is 4. The number of halogens is 2. The van der Waals surface area contributed by atoms with Gasteiger partial charge in [0.15, 0.2) is 0 Å². The number of aliphatic hydroxyl groups is 1. The van der Waals surface area contributed by atoms with Gasteiger partial charge in [-0.15, -0.1) is 0 Å². The van der Waals surface area contributed by atoms with Crippen LogP contribution < -0.4 is 5.32 Å². The summed E-state index contributed by atoms with van der Waals surface area (Å²) in [5.41, 5.74) is -0.628. The maximum atomic E-state index is 11.9. The van der Waals surface area contributed by atoms with Crippen LogP contribution in [0, 0.1) is 0 Å². The van der Waals surface area contributed by atoms with Crippen molar-refractivity contribution >= 4 is 29.1 Å². The third kappa shape index (κ3) is 3.56. The van der Waals surface area contributed by atoms with Gasteiger partial charge in [-0.25, -0.2) is 4.98 Å². The molecule has 0 radical (unpaired) electrons. The highest BCUT2D eigenvalue weighted by atomic mass is 35.5. The van der Waals surface area contributed by atoms with Crippen molar-refractivity contribution in [1.82, 2.24) is 10.3 Å². The number of aliphatic hydroxyl groups excluding tert-OH is 1. The van der Waals surface area contributed by atoms with E-state index in [9.17, 15) is 9.90 Å². The molecule has 1 amide bonds. The number of nitrogens with one attached hydrogen (secondary N) is 1. The predicted octanol–water partition coefficient (Wildman–Crippen LogP) is 2.28. The quantitative estimate of drug-likeness (QED) is 0.830. The molecule has 1 rings (SSSR count). The van der Waals surface area contributed by atoms with Crippen LogP contribution in [0.25, 0.3) is 0 Å². The second kappa shape index (κ2) is 5.67. The Morgan fingerprint density at radius 3 is 2.71 bits per heavy atom. The molecule has 0 aliphatic heterocycles. The molecule has 0 aliphatic rings. The van der Waals surface area contributed by atoms with E-state index in [1.54, 1.807) is 6.92 Å². The lowest BCUT2D eigenvalue weighted by atomic mass is 10.00. The monoisotopic (exact) mass is 276 g/mol. The zero-order valence-corrected chi connectivity index (χ0v) is 11.1. The molecule has 0 bridgehead atoms. The summed E-state index contributed by atoms with van der Waals surface area (Å²) in [5, 5.41) is 12.3. The molecule has 1 atom stereocenters. The van der Waals surface area contributed by atoms with Crippen LogP contribution in [0.2, 0.25) is 10.2 Å². The third-order valence-electron chi connectivity index (χ3n) is 2.57. The normalized spacial score (nSPS) is 14.2. The predicted molar refractivity (Wildman–Crippen MR) is 67.5 cm³/mol. The molecule has 1 heterocycles. The average molecular weight is 277 g/mol. The van der Waals surface area contributed by atoms with Gasteiger partial charge in [0.25, 0.3) is 5.91 Å². The molecule has 1 unspecified atom stereocenters. The van der Waals surface area contributed by atoms with E-state index in [2.05, 4.69) is 10.3 Å². The Kier molecular flexibility index (Phi) is 4.74. The minimum absolute atomic E-state index is 0.0623. The van der Waals surface area contributed by atoms with Crippen LogP contribution in [-0.4, -0.2) is 28.1 Å². The summed E-state index contributed by atoms with van der Waals surface area (Å²) in [6.45, 7) is 3.44. The molecule has 4 nitrogen and oxygen atoms in total. The Morgan fingerprint density at radius 2 is 2.18 bits per heavy atom. The summed E-state index contributed by atoms with van der Waals surface area (Å²) in [6, 6.07) is 3.01. The smallest absolute Gasteiger partial charge is 0.271 e. The number of nitrogens with zero attached hydrogens (tertiary/aromatic N) is 1. The van der Waals surface area contributed by atoms with Crippen molar-refractivity contribution in [1.29, 1.82) is 0 Å². The maximum Gasteiger partial charge on any atom is 0.271 e. The summed E-state index contributed by atoms with van der Waals surface area (Å²) in [5.74, 6) is -0.448. The van der Waals surface area contributed by atoms with Gasteiger partial charge in [-0.3, -0.25) is 4.79 Å². The highest BCUT2D eigenvalue weighted by Gasteiger charge is 2.25. The Bertz CT molecular complexity index is 420. The van der Waals surface area contributed by atoms with Gasteiger partial charge < -0.3 is 10.4 Å². The van der Waals surface area contributed by atoms with E-state index in [0.717, 1.165) is 0 Å². The van der Waals surface area contributed by atoms with Gasteiger partial charge in [-0.2, -0.15) is 0 Å². The third-order valence-corrected chi connectivity index (χ3v) is 3.09. The van der Waals surface area contributed by atoms with E-state index in [1.165, 1.54) is 12.1 Å². The minimum Gasteiger partial charge on any atom is -0.394 e. The van der Waals surface area contributed by atoms with Crippen LogP contribution in [-0.2, 0) is 0 Å². The second-order valence-electron chi connectivity index (χ2n) is 3.99. The fourth-order valence-electron chi connectivity index (χ4n) is 1.15. The molecule has 0 aliphatic carbocycles. The Morgan fingerprint density at radius 1 is 1.53 bits per heavy atom. The van der Waals surface area contributed by atoms with Gasteiger partial charge >= 0.3 is 0 Å². The van der Waals surface area contributed by atoms with E-state index < -0.39 is 11.4 Å². The first-order chi connectivity index (χ1) is 7.91. The summed E-state index contributed by atoms with van der Waals surface area (Å²) < 4.78 is 0. The molecular weight excluding hydrogens is 263 g/mol. The Labute approximate surface area is 110 Å². The zero-order valence-electron chi connectivity index (χ0n) is 9.63. The number of hydrogen-bond acceptors (Lipinski definition) is 3. The van der Waals surface area contributed by atoms with Gasteiger partial charge in [0, 0.05) is 0 Å². The first-order valence-corrected chi connectivity index (χ1v) is 5.93. The van der Waals surface area contributed by atoms with Crippen molar-refractivity contribution in [3.05, 3.63) is 28.0 Å². The molecule has 0 fully saturated rings. The number of carbonyl (C=O) groups excluding carboxylic acids is 1. The molecule has 94 valence electrons. The largest absolute Gasteiger partial charge is 0.394 e. The van der Waals surface area contributed by atoms with Crippen molar-refractivity contribution in [3.8, 4) is 0 Å². The molecular formula is C11H14Cl2N2O2. The van der Waals surface area contributed by atoms with Gasteiger partial charge in [-0.05, 0) is 25.5 Å².